The van der Waals surface area contributed by atoms with Crippen molar-refractivity contribution < 1.29 is 0 Å². The third kappa shape index (κ3) is 2.32. The summed E-state index contributed by atoms with van der Waals surface area (Å²) in [5.41, 5.74) is 4.90. The van der Waals surface area contributed by atoms with Crippen molar-refractivity contribution >= 4 is 54.1 Å². The van der Waals surface area contributed by atoms with Crippen molar-refractivity contribution in [3.63, 3.8) is 0 Å². The van der Waals surface area contributed by atoms with Crippen LogP contribution in [0.1, 0.15) is 0 Å². The van der Waals surface area contributed by atoms with E-state index in [9.17, 15) is 0 Å². The summed E-state index contributed by atoms with van der Waals surface area (Å²) < 4.78 is 0. The van der Waals surface area contributed by atoms with Gasteiger partial charge in [-0.2, -0.15) is 0 Å². The molecule has 144 valence electrons. The summed E-state index contributed by atoms with van der Waals surface area (Å²) in [4.78, 5) is 3.55. The minimum absolute atomic E-state index is 1.18. The number of rotatable bonds is 1. The highest BCUT2D eigenvalue weighted by molar-refractivity contribution is 6.28. The molecule has 0 aliphatic heterocycles. The predicted molar refractivity (Wildman–Crippen MR) is 134 cm³/mol. The number of H-pyrrole nitrogens is 1. The highest BCUT2D eigenvalue weighted by Crippen LogP contribution is 2.41. The molecule has 0 aliphatic carbocycles. The number of hydrogen-bond acceptors (Lipinski definition) is 0. The first-order valence-corrected chi connectivity index (χ1v) is 10.7. The molecule has 0 atom stereocenters. The lowest BCUT2D eigenvalue weighted by atomic mass is 9.89. The Morgan fingerprint density at radius 1 is 0.387 bits per heavy atom. The van der Waals surface area contributed by atoms with Crippen LogP contribution >= 0.6 is 0 Å². The van der Waals surface area contributed by atoms with Gasteiger partial charge in [0.15, 0.2) is 0 Å². The van der Waals surface area contributed by atoms with Gasteiger partial charge in [-0.15, -0.1) is 0 Å². The van der Waals surface area contributed by atoms with Gasteiger partial charge in [0.05, 0.1) is 0 Å². The molecule has 1 N–H and O–H groups in total. The molecule has 0 spiro atoms. The van der Waals surface area contributed by atoms with Crippen LogP contribution in [0.25, 0.3) is 65.3 Å². The summed E-state index contributed by atoms with van der Waals surface area (Å²) in [6, 6.07) is 39.6. The lowest BCUT2D eigenvalue weighted by Gasteiger charge is -2.14. The van der Waals surface area contributed by atoms with Crippen molar-refractivity contribution in [3.8, 4) is 11.1 Å². The smallest absolute Gasteiger partial charge is 0.0465 e. The largest absolute Gasteiger partial charge is 0.355 e. The van der Waals surface area contributed by atoms with Crippen LogP contribution in [-0.4, -0.2) is 4.98 Å². The van der Waals surface area contributed by atoms with E-state index in [2.05, 4.69) is 114 Å². The normalized spacial score (nSPS) is 11.9. The van der Waals surface area contributed by atoms with Gasteiger partial charge in [-0.1, -0.05) is 91.0 Å². The first-order valence-electron chi connectivity index (χ1n) is 10.7. The third-order valence-electron chi connectivity index (χ3n) is 6.59. The van der Waals surface area contributed by atoms with Crippen LogP contribution in [0.4, 0.5) is 0 Å². The summed E-state index contributed by atoms with van der Waals surface area (Å²) in [6.45, 7) is 0. The Hall–Kier alpha value is -4.10. The molecule has 0 unspecified atom stereocenters. The van der Waals surface area contributed by atoms with Crippen molar-refractivity contribution in [2.45, 2.75) is 0 Å². The number of nitrogens with one attached hydrogen (secondary N) is 1. The van der Waals surface area contributed by atoms with Gasteiger partial charge in [0, 0.05) is 21.8 Å². The van der Waals surface area contributed by atoms with Crippen molar-refractivity contribution in [1.82, 2.24) is 4.98 Å². The van der Waals surface area contributed by atoms with E-state index in [0.717, 1.165) is 0 Å². The Morgan fingerprint density at radius 2 is 0.935 bits per heavy atom. The van der Waals surface area contributed by atoms with Crippen LogP contribution in [0, 0.1) is 0 Å². The fraction of sp³-hybridized carbons (Fsp3) is 0. The summed E-state index contributed by atoms with van der Waals surface area (Å²) >= 11 is 0. The fourth-order valence-corrected chi connectivity index (χ4v) is 5.21. The topological polar surface area (TPSA) is 15.8 Å². The summed E-state index contributed by atoms with van der Waals surface area (Å²) in [6.07, 6.45) is 0. The summed E-state index contributed by atoms with van der Waals surface area (Å²) in [5.74, 6) is 0. The molecule has 0 amide bonds. The van der Waals surface area contributed by atoms with Gasteiger partial charge < -0.3 is 4.98 Å². The minimum Gasteiger partial charge on any atom is -0.355 e. The van der Waals surface area contributed by atoms with Gasteiger partial charge in [0.2, 0.25) is 0 Å². The van der Waals surface area contributed by atoms with Gasteiger partial charge >= 0.3 is 0 Å². The summed E-state index contributed by atoms with van der Waals surface area (Å²) in [5, 5.41) is 10.4. The number of aromatic nitrogens is 1. The van der Waals surface area contributed by atoms with Crippen molar-refractivity contribution in [2.24, 2.45) is 0 Å². The molecule has 0 radical (unpaired) electrons. The molecular weight excluding hydrogens is 374 g/mol. The van der Waals surface area contributed by atoms with Crippen LogP contribution in [0.3, 0.4) is 0 Å². The molecule has 7 rings (SSSR count). The zero-order chi connectivity index (χ0) is 20.4. The Balaban J connectivity index is 1.65. The Kier molecular flexibility index (Phi) is 3.33. The maximum atomic E-state index is 3.55. The van der Waals surface area contributed by atoms with E-state index in [1.165, 1.54) is 65.3 Å². The van der Waals surface area contributed by atoms with E-state index in [-0.39, 0.29) is 0 Å². The van der Waals surface area contributed by atoms with E-state index in [1.54, 1.807) is 0 Å². The van der Waals surface area contributed by atoms with Crippen molar-refractivity contribution in [1.29, 1.82) is 0 Å². The molecule has 1 heteroatoms. The van der Waals surface area contributed by atoms with Gasteiger partial charge in [-0.05, 0) is 61.6 Å². The Bertz CT molecular complexity index is 1740. The number of para-hydroxylation sites is 1. The van der Waals surface area contributed by atoms with Crippen LogP contribution in [-0.2, 0) is 0 Å². The maximum Gasteiger partial charge on any atom is 0.0465 e. The predicted octanol–water partition coefficient (Wildman–Crippen LogP) is 8.45. The first-order chi connectivity index (χ1) is 15.4. The molecule has 7 aromatic rings. The van der Waals surface area contributed by atoms with Gasteiger partial charge in [0.1, 0.15) is 0 Å². The van der Waals surface area contributed by atoms with Gasteiger partial charge in [0.25, 0.3) is 0 Å². The highest BCUT2D eigenvalue weighted by atomic mass is 14.7. The second-order valence-corrected chi connectivity index (χ2v) is 8.25. The molecule has 0 bridgehead atoms. The Morgan fingerprint density at radius 3 is 1.68 bits per heavy atom. The number of benzene rings is 6. The molecule has 1 heterocycles. The molecular formula is C30H19N. The van der Waals surface area contributed by atoms with Crippen molar-refractivity contribution in [3.05, 3.63) is 109 Å². The van der Waals surface area contributed by atoms with E-state index in [1.807, 2.05) is 0 Å². The van der Waals surface area contributed by atoms with Crippen molar-refractivity contribution in [2.75, 3.05) is 0 Å². The van der Waals surface area contributed by atoms with Gasteiger partial charge in [-0.25, -0.2) is 0 Å². The minimum atomic E-state index is 1.18. The third-order valence-corrected chi connectivity index (χ3v) is 6.59. The molecule has 0 fully saturated rings. The SMILES string of the molecule is c1ccc2c(c1)[nH]c1ccc(-c3cccc4c5ccccc5c5ccccc5c34)cc12. The van der Waals surface area contributed by atoms with Crippen LogP contribution in [0.5, 0.6) is 0 Å². The average molecular weight is 393 g/mol. The quantitative estimate of drug-likeness (QED) is 0.269. The molecule has 31 heavy (non-hydrogen) atoms. The fourth-order valence-electron chi connectivity index (χ4n) is 5.21. The second kappa shape index (κ2) is 6.20. The molecule has 6 aromatic carbocycles. The zero-order valence-corrected chi connectivity index (χ0v) is 16.9. The van der Waals surface area contributed by atoms with Gasteiger partial charge in [-0.3, -0.25) is 0 Å². The van der Waals surface area contributed by atoms with E-state index >= 15 is 0 Å². The van der Waals surface area contributed by atoms with Crippen LogP contribution < -0.4 is 0 Å². The number of hydrogen-bond donors (Lipinski definition) is 1. The Labute approximate surface area is 179 Å². The highest BCUT2D eigenvalue weighted by Gasteiger charge is 2.13. The molecule has 0 saturated carbocycles. The number of fused-ring (bicyclic) bond motifs is 9. The maximum absolute atomic E-state index is 3.55. The van der Waals surface area contributed by atoms with E-state index < -0.39 is 0 Å². The zero-order valence-electron chi connectivity index (χ0n) is 16.9. The molecule has 0 saturated heterocycles. The lowest BCUT2D eigenvalue weighted by Crippen LogP contribution is -1.87. The van der Waals surface area contributed by atoms with Crippen LogP contribution in [0.15, 0.2) is 109 Å². The first kappa shape index (κ1) is 16.7. The monoisotopic (exact) mass is 393 g/mol. The molecule has 1 aromatic heterocycles. The lowest BCUT2D eigenvalue weighted by molar-refractivity contribution is 1.55. The molecule has 0 aliphatic rings. The van der Waals surface area contributed by atoms with E-state index in [4.69, 9.17) is 0 Å². The number of aromatic amines is 1. The molecule has 1 nitrogen and oxygen atoms in total. The van der Waals surface area contributed by atoms with E-state index in [0.29, 0.717) is 0 Å². The standard InChI is InChI=1S/C30H19N/c1-2-9-23-21(8-1)22-10-3-4-12-25(22)30-20(13-7-14-26(23)30)19-16-17-29-27(18-19)24-11-5-6-15-28(24)31-29/h1-18,31H. The average Bonchev–Trinajstić information content (AvgIpc) is 3.22. The van der Waals surface area contributed by atoms with Crippen LogP contribution in [0.2, 0.25) is 0 Å². The second-order valence-electron chi connectivity index (χ2n) is 8.25. The summed E-state index contributed by atoms with van der Waals surface area (Å²) in [7, 11) is 0.